The van der Waals surface area contributed by atoms with E-state index in [2.05, 4.69) is 17.6 Å². The first-order valence-corrected chi connectivity index (χ1v) is 6.97. The summed E-state index contributed by atoms with van der Waals surface area (Å²) in [6.07, 6.45) is 2.49. The Hall–Kier alpha value is -1.14. The van der Waals surface area contributed by atoms with Crippen LogP contribution in [0.4, 0.5) is 0 Å². The summed E-state index contributed by atoms with van der Waals surface area (Å²) in [6.45, 7) is 3.35. The minimum Gasteiger partial charge on any atom is -0.479 e. The van der Waals surface area contributed by atoms with E-state index in [1.165, 1.54) is 0 Å². The van der Waals surface area contributed by atoms with Crippen LogP contribution >= 0.6 is 0 Å². The molecule has 4 unspecified atom stereocenters. The van der Waals surface area contributed by atoms with Gasteiger partial charge in [0.05, 0.1) is 12.1 Å². The van der Waals surface area contributed by atoms with Gasteiger partial charge in [-0.3, -0.25) is 4.79 Å². The molecule has 0 aromatic rings. The highest BCUT2D eigenvalue weighted by Gasteiger charge is 2.32. The normalized spacial score (nSPS) is 35.0. The summed E-state index contributed by atoms with van der Waals surface area (Å²) in [5, 5.41) is 14.9. The molecule has 0 spiro atoms. The number of hydrogen-bond acceptors (Lipinski definition) is 4. The van der Waals surface area contributed by atoms with Gasteiger partial charge in [0.15, 0.2) is 6.10 Å². The van der Waals surface area contributed by atoms with E-state index in [4.69, 9.17) is 9.84 Å². The first-order valence-electron chi connectivity index (χ1n) is 6.97. The molecule has 1 amide bonds. The minimum absolute atomic E-state index is 0.00502. The average molecular weight is 270 g/mol. The van der Waals surface area contributed by atoms with Gasteiger partial charge in [0.25, 0.3) is 0 Å². The highest BCUT2D eigenvalue weighted by atomic mass is 16.5. The largest absolute Gasteiger partial charge is 0.479 e. The van der Waals surface area contributed by atoms with E-state index >= 15 is 0 Å². The van der Waals surface area contributed by atoms with Crippen LogP contribution < -0.4 is 10.6 Å². The molecule has 6 heteroatoms. The number of carboxylic acids is 1. The second-order valence-corrected chi connectivity index (χ2v) is 5.46. The van der Waals surface area contributed by atoms with E-state index in [0.717, 1.165) is 19.4 Å². The van der Waals surface area contributed by atoms with E-state index in [0.29, 0.717) is 25.3 Å². The molecule has 2 heterocycles. The van der Waals surface area contributed by atoms with Gasteiger partial charge >= 0.3 is 5.97 Å². The molecule has 0 aliphatic carbocycles. The van der Waals surface area contributed by atoms with Crippen molar-refractivity contribution in [3.63, 3.8) is 0 Å². The smallest absolute Gasteiger partial charge is 0.332 e. The Morgan fingerprint density at radius 1 is 1.37 bits per heavy atom. The van der Waals surface area contributed by atoms with Crippen molar-refractivity contribution in [1.29, 1.82) is 0 Å². The van der Waals surface area contributed by atoms with Crippen molar-refractivity contribution in [3.05, 3.63) is 0 Å². The zero-order valence-electron chi connectivity index (χ0n) is 11.2. The van der Waals surface area contributed by atoms with Gasteiger partial charge in [0, 0.05) is 6.54 Å². The summed E-state index contributed by atoms with van der Waals surface area (Å²) in [4.78, 5) is 22.8. The summed E-state index contributed by atoms with van der Waals surface area (Å²) >= 11 is 0. The number of aliphatic carboxylic acids is 1. The zero-order valence-corrected chi connectivity index (χ0v) is 11.2. The Kier molecular flexibility index (Phi) is 4.76. The summed E-state index contributed by atoms with van der Waals surface area (Å²) in [7, 11) is 0. The van der Waals surface area contributed by atoms with Crippen LogP contribution in [0.1, 0.15) is 32.6 Å². The van der Waals surface area contributed by atoms with E-state index in [-0.39, 0.29) is 18.1 Å². The molecule has 2 aliphatic heterocycles. The molecule has 0 aromatic heterocycles. The topological polar surface area (TPSA) is 87.7 Å². The fraction of sp³-hybridized carbons (Fsp3) is 0.846. The maximum atomic E-state index is 12.0. The Morgan fingerprint density at radius 3 is 2.79 bits per heavy atom. The summed E-state index contributed by atoms with van der Waals surface area (Å²) in [6, 6.07) is -0.134. The number of ether oxygens (including phenoxy) is 1. The van der Waals surface area contributed by atoms with Crippen LogP contribution in [-0.2, 0) is 14.3 Å². The van der Waals surface area contributed by atoms with Gasteiger partial charge in [0.1, 0.15) is 0 Å². The van der Waals surface area contributed by atoms with Gasteiger partial charge in [-0.1, -0.05) is 6.92 Å². The third-order valence-electron chi connectivity index (χ3n) is 3.94. The SMILES string of the molecule is CC1CCCNC1C(=O)NCC1CCC(C(=O)O)O1. The quantitative estimate of drug-likeness (QED) is 0.675. The monoisotopic (exact) mass is 270 g/mol. The number of piperidine rings is 1. The summed E-state index contributed by atoms with van der Waals surface area (Å²) < 4.78 is 5.35. The molecule has 0 saturated carbocycles. The van der Waals surface area contributed by atoms with Crippen LogP contribution in [0.3, 0.4) is 0 Å². The molecular formula is C13H22N2O4. The molecule has 0 bridgehead atoms. The van der Waals surface area contributed by atoms with Crippen molar-refractivity contribution in [2.75, 3.05) is 13.1 Å². The highest BCUT2D eigenvalue weighted by molar-refractivity contribution is 5.82. The number of hydrogen-bond donors (Lipinski definition) is 3. The fourth-order valence-corrected chi connectivity index (χ4v) is 2.76. The lowest BCUT2D eigenvalue weighted by molar-refractivity contribution is -0.149. The molecule has 0 aromatic carbocycles. The minimum atomic E-state index is -0.920. The third kappa shape index (κ3) is 3.67. The second-order valence-electron chi connectivity index (χ2n) is 5.46. The summed E-state index contributed by atoms with van der Waals surface area (Å²) in [5.74, 6) is -0.587. The molecule has 2 fully saturated rings. The van der Waals surface area contributed by atoms with Gasteiger partial charge < -0.3 is 20.5 Å². The highest BCUT2D eigenvalue weighted by Crippen LogP contribution is 2.20. The van der Waals surface area contributed by atoms with E-state index < -0.39 is 12.1 Å². The lowest BCUT2D eigenvalue weighted by atomic mass is 9.92. The van der Waals surface area contributed by atoms with Crippen LogP contribution in [0.15, 0.2) is 0 Å². The predicted molar refractivity (Wildman–Crippen MR) is 68.7 cm³/mol. The molecule has 6 nitrogen and oxygen atoms in total. The average Bonchev–Trinajstić information content (AvgIpc) is 2.85. The zero-order chi connectivity index (χ0) is 13.8. The molecule has 4 atom stereocenters. The Bertz CT molecular complexity index is 348. The fourth-order valence-electron chi connectivity index (χ4n) is 2.76. The van der Waals surface area contributed by atoms with Crippen LogP contribution in [0.25, 0.3) is 0 Å². The molecule has 3 N–H and O–H groups in total. The molecule has 2 saturated heterocycles. The standard InChI is InChI=1S/C13H22N2O4/c1-8-3-2-6-14-11(8)12(16)15-7-9-4-5-10(19-9)13(17)18/h8-11,14H,2-7H2,1H3,(H,15,16)(H,17,18). The lowest BCUT2D eigenvalue weighted by Crippen LogP contribution is -2.52. The van der Waals surface area contributed by atoms with Crippen LogP contribution in [0.5, 0.6) is 0 Å². The molecule has 2 aliphatic rings. The van der Waals surface area contributed by atoms with Crippen LogP contribution in [0, 0.1) is 5.92 Å². The first kappa shape index (κ1) is 14.3. The van der Waals surface area contributed by atoms with Gasteiger partial charge in [-0.2, -0.15) is 0 Å². The summed E-state index contributed by atoms with van der Waals surface area (Å²) in [5.41, 5.74) is 0. The predicted octanol–water partition coefficient (Wildman–Crippen LogP) is 0.123. The number of rotatable bonds is 4. The molecule has 0 radical (unpaired) electrons. The van der Waals surface area contributed by atoms with Gasteiger partial charge in [-0.05, 0) is 38.1 Å². The molecule has 19 heavy (non-hydrogen) atoms. The molecule has 108 valence electrons. The Balaban J connectivity index is 1.73. The number of amides is 1. The van der Waals surface area contributed by atoms with Crippen molar-refractivity contribution in [2.45, 2.75) is 50.9 Å². The van der Waals surface area contributed by atoms with Crippen molar-refractivity contribution >= 4 is 11.9 Å². The van der Waals surface area contributed by atoms with Gasteiger partial charge in [-0.25, -0.2) is 4.79 Å². The maximum absolute atomic E-state index is 12.0. The number of carbonyl (C=O) groups is 2. The van der Waals surface area contributed by atoms with Crippen LogP contribution in [-0.4, -0.2) is 48.3 Å². The number of carbonyl (C=O) groups excluding carboxylic acids is 1. The van der Waals surface area contributed by atoms with Gasteiger partial charge in [0.2, 0.25) is 5.91 Å². The second kappa shape index (κ2) is 6.34. The van der Waals surface area contributed by atoms with Crippen molar-refractivity contribution in [1.82, 2.24) is 10.6 Å². The van der Waals surface area contributed by atoms with E-state index in [1.54, 1.807) is 0 Å². The van der Waals surface area contributed by atoms with Crippen LogP contribution in [0.2, 0.25) is 0 Å². The lowest BCUT2D eigenvalue weighted by Gasteiger charge is -2.29. The number of nitrogens with one attached hydrogen (secondary N) is 2. The Labute approximate surface area is 112 Å². The van der Waals surface area contributed by atoms with Crippen molar-refractivity contribution in [2.24, 2.45) is 5.92 Å². The van der Waals surface area contributed by atoms with Crippen molar-refractivity contribution in [3.8, 4) is 0 Å². The first-order chi connectivity index (χ1) is 9.08. The number of carboxylic acid groups (broad SMARTS) is 1. The molecule has 2 rings (SSSR count). The molecular weight excluding hydrogens is 248 g/mol. The third-order valence-corrected chi connectivity index (χ3v) is 3.94. The maximum Gasteiger partial charge on any atom is 0.332 e. The van der Waals surface area contributed by atoms with Gasteiger partial charge in [-0.15, -0.1) is 0 Å². The van der Waals surface area contributed by atoms with E-state index in [9.17, 15) is 9.59 Å². The van der Waals surface area contributed by atoms with E-state index in [1.807, 2.05) is 0 Å². The van der Waals surface area contributed by atoms with Crippen molar-refractivity contribution < 1.29 is 19.4 Å². The Morgan fingerprint density at radius 2 is 2.16 bits per heavy atom.